The first kappa shape index (κ1) is 10.9. The summed E-state index contributed by atoms with van der Waals surface area (Å²) in [5.41, 5.74) is 1.79. The summed E-state index contributed by atoms with van der Waals surface area (Å²) in [7, 11) is 1.75. The van der Waals surface area contributed by atoms with Gasteiger partial charge in [0, 0.05) is 12.7 Å². The maximum Gasteiger partial charge on any atom is 0.170 e. The molecule has 0 aliphatic carbocycles. The molecule has 0 saturated carbocycles. The second-order valence-corrected chi connectivity index (χ2v) is 3.08. The van der Waals surface area contributed by atoms with E-state index >= 15 is 0 Å². The van der Waals surface area contributed by atoms with E-state index in [2.05, 4.69) is 15.5 Å². The van der Waals surface area contributed by atoms with Crippen molar-refractivity contribution in [2.75, 3.05) is 12.4 Å². The van der Waals surface area contributed by atoms with Gasteiger partial charge in [-0.3, -0.25) is 5.26 Å². The second kappa shape index (κ2) is 5.54. The van der Waals surface area contributed by atoms with Gasteiger partial charge in [0.15, 0.2) is 5.11 Å². The van der Waals surface area contributed by atoms with Crippen LogP contribution in [0, 0.1) is 0 Å². The summed E-state index contributed by atoms with van der Waals surface area (Å²) < 4.78 is 0. The van der Waals surface area contributed by atoms with Gasteiger partial charge < -0.3 is 10.6 Å². The van der Waals surface area contributed by atoms with Crippen molar-refractivity contribution >= 4 is 23.0 Å². The van der Waals surface area contributed by atoms with E-state index in [0.29, 0.717) is 5.11 Å². The van der Waals surface area contributed by atoms with E-state index in [4.69, 9.17) is 17.5 Å². The molecule has 1 aromatic rings. The van der Waals surface area contributed by atoms with Crippen LogP contribution in [0.3, 0.4) is 0 Å². The number of anilines is 1. The molecule has 0 heterocycles. The van der Waals surface area contributed by atoms with Crippen molar-refractivity contribution in [3.63, 3.8) is 0 Å². The van der Waals surface area contributed by atoms with E-state index in [1.807, 2.05) is 24.3 Å². The Balaban J connectivity index is 2.59. The fraction of sp³-hybridized carbons (Fsp3) is 0.222. The molecule has 0 saturated heterocycles. The monoisotopic (exact) mass is 212 g/mol. The lowest BCUT2D eigenvalue weighted by atomic mass is 10.2. The van der Waals surface area contributed by atoms with E-state index in [9.17, 15) is 0 Å². The van der Waals surface area contributed by atoms with Crippen LogP contribution in [0.5, 0.6) is 0 Å². The van der Waals surface area contributed by atoms with E-state index in [1.165, 1.54) is 0 Å². The molecule has 0 atom stereocenters. The van der Waals surface area contributed by atoms with Gasteiger partial charge in [0.05, 0.1) is 0 Å². The lowest BCUT2D eigenvalue weighted by Crippen LogP contribution is -2.23. The minimum atomic E-state index is 0.191. The normalized spacial score (nSPS) is 9.57. The van der Waals surface area contributed by atoms with E-state index in [-0.39, 0.29) is 6.61 Å². The number of hydrogen-bond donors (Lipinski definition) is 3. The third kappa shape index (κ3) is 3.29. The summed E-state index contributed by atoms with van der Waals surface area (Å²) in [4.78, 5) is 4.01. The van der Waals surface area contributed by atoms with Crippen molar-refractivity contribution in [3.8, 4) is 0 Å². The fourth-order valence-corrected chi connectivity index (χ4v) is 1.07. The highest BCUT2D eigenvalue weighted by molar-refractivity contribution is 7.80. The van der Waals surface area contributed by atoms with Gasteiger partial charge in [-0.05, 0) is 29.9 Å². The minimum Gasteiger partial charge on any atom is -0.366 e. The summed E-state index contributed by atoms with van der Waals surface area (Å²) in [6.45, 7) is 0.191. The Morgan fingerprint density at radius 3 is 2.57 bits per heavy atom. The van der Waals surface area contributed by atoms with Gasteiger partial charge in [-0.2, -0.15) is 0 Å². The highest BCUT2D eigenvalue weighted by Gasteiger charge is 1.95. The summed E-state index contributed by atoms with van der Waals surface area (Å²) in [6.07, 6.45) is 0. The van der Waals surface area contributed by atoms with Crippen LogP contribution >= 0.6 is 12.2 Å². The zero-order chi connectivity index (χ0) is 10.4. The van der Waals surface area contributed by atoms with Crippen LogP contribution < -0.4 is 10.6 Å². The molecule has 0 radical (unpaired) electrons. The lowest BCUT2D eigenvalue weighted by molar-refractivity contribution is -0.253. The third-order valence-corrected chi connectivity index (χ3v) is 1.98. The van der Waals surface area contributed by atoms with Crippen molar-refractivity contribution in [2.24, 2.45) is 0 Å². The predicted molar refractivity (Wildman–Crippen MR) is 59.1 cm³/mol. The van der Waals surface area contributed by atoms with Crippen molar-refractivity contribution in [2.45, 2.75) is 6.61 Å². The first-order valence-electron chi connectivity index (χ1n) is 4.10. The first-order chi connectivity index (χ1) is 6.76. The van der Waals surface area contributed by atoms with Crippen molar-refractivity contribution in [1.82, 2.24) is 5.32 Å². The Bertz CT molecular complexity index is 300. The van der Waals surface area contributed by atoms with Crippen LogP contribution in [-0.4, -0.2) is 17.4 Å². The Morgan fingerprint density at radius 1 is 1.43 bits per heavy atom. The Hall–Kier alpha value is -1.17. The van der Waals surface area contributed by atoms with Crippen molar-refractivity contribution < 1.29 is 10.1 Å². The van der Waals surface area contributed by atoms with Crippen LogP contribution in [0.25, 0.3) is 0 Å². The maximum atomic E-state index is 8.23. The van der Waals surface area contributed by atoms with Crippen molar-refractivity contribution in [1.29, 1.82) is 0 Å². The molecule has 0 aliphatic heterocycles. The number of thiocarbonyl (C=S) groups is 1. The topological polar surface area (TPSA) is 53.5 Å². The summed E-state index contributed by atoms with van der Waals surface area (Å²) >= 11 is 4.93. The zero-order valence-corrected chi connectivity index (χ0v) is 8.60. The van der Waals surface area contributed by atoms with Gasteiger partial charge >= 0.3 is 0 Å². The van der Waals surface area contributed by atoms with E-state index in [1.54, 1.807) is 7.05 Å². The molecule has 5 heteroatoms. The lowest BCUT2D eigenvalue weighted by Gasteiger charge is -2.07. The summed E-state index contributed by atoms with van der Waals surface area (Å²) in [6, 6.07) is 7.41. The van der Waals surface area contributed by atoms with Gasteiger partial charge in [0.25, 0.3) is 0 Å². The fourth-order valence-electron chi connectivity index (χ4n) is 0.952. The number of nitrogens with one attached hydrogen (secondary N) is 2. The summed E-state index contributed by atoms with van der Waals surface area (Å²) in [5.74, 6) is 0. The van der Waals surface area contributed by atoms with Gasteiger partial charge in [0.2, 0.25) is 0 Å². The molecule has 0 amide bonds. The SMILES string of the molecule is CNC(=S)Nc1ccc(COO)cc1. The molecule has 0 aromatic heterocycles. The summed E-state index contributed by atoms with van der Waals surface area (Å²) in [5, 5.41) is 14.6. The largest absolute Gasteiger partial charge is 0.366 e. The molecule has 0 spiro atoms. The van der Waals surface area contributed by atoms with Gasteiger partial charge in [-0.25, -0.2) is 4.89 Å². The number of hydrogen-bond acceptors (Lipinski definition) is 3. The Labute approximate surface area is 87.8 Å². The number of rotatable bonds is 3. The molecule has 0 bridgehead atoms. The predicted octanol–water partition coefficient (Wildman–Crippen LogP) is 1.59. The molecule has 4 nitrogen and oxygen atoms in total. The van der Waals surface area contributed by atoms with E-state index < -0.39 is 0 Å². The quantitative estimate of drug-likeness (QED) is 0.403. The highest BCUT2D eigenvalue weighted by Crippen LogP contribution is 2.09. The zero-order valence-electron chi connectivity index (χ0n) is 7.78. The number of benzene rings is 1. The standard InChI is InChI=1S/C9H12N2O2S/c1-10-9(14)11-8-4-2-7(3-5-8)6-13-12/h2-5,12H,6H2,1H3,(H2,10,11,14). The molecular weight excluding hydrogens is 200 g/mol. The average Bonchev–Trinajstić information content (AvgIpc) is 2.21. The molecule has 3 N–H and O–H groups in total. The molecular formula is C9H12N2O2S. The minimum absolute atomic E-state index is 0.191. The molecule has 1 rings (SSSR count). The van der Waals surface area contributed by atoms with Gasteiger partial charge in [-0.1, -0.05) is 12.1 Å². The Kier molecular flexibility index (Phi) is 4.31. The molecule has 76 valence electrons. The smallest absolute Gasteiger partial charge is 0.170 e. The van der Waals surface area contributed by atoms with Crippen molar-refractivity contribution in [3.05, 3.63) is 29.8 Å². The van der Waals surface area contributed by atoms with Crippen LogP contribution in [0.2, 0.25) is 0 Å². The van der Waals surface area contributed by atoms with Crippen LogP contribution in [-0.2, 0) is 11.5 Å². The van der Waals surface area contributed by atoms with E-state index in [0.717, 1.165) is 11.3 Å². The molecule has 14 heavy (non-hydrogen) atoms. The Morgan fingerprint density at radius 2 is 2.07 bits per heavy atom. The second-order valence-electron chi connectivity index (χ2n) is 2.67. The van der Waals surface area contributed by atoms with Crippen LogP contribution in [0.1, 0.15) is 5.56 Å². The average molecular weight is 212 g/mol. The van der Waals surface area contributed by atoms with Gasteiger partial charge in [-0.15, -0.1) is 0 Å². The highest BCUT2D eigenvalue weighted by atomic mass is 32.1. The maximum absolute atomic E-state index is 8.23. The van der Waals surface area contributed by atoms with Crippen LogP contribution in [0.4, 0.5) is 5.69 Å². The first-order valence-corrected chi connectivity index (χ1v) is 4.51. The molecule has 0 aliphatic rings. The molecule has 1 aromatic carbocycles. The molecule has 0 unspecified atom stereocenters. The molecule has 0 fully saturated rings. The van der Waals surface area contributed by atoms with Gasteiger partial charge in [0.1, 0.15) is 6.61 Å². The third-order valence-electron chi connectivity index (χ3n) is 1.67. The van der Waals surface area contributed by atoms with Crippen LogP contribution in [0.15, 0.2) is 24.3 Å².